The molecule has 0 saturated carbocycles. The van der Waals surface area contributed by atoms with E-state index in [1.54, 1.807) is 4.90 Å². The first kappa shape index (κ1) is 13.8. The number of nitriles is 1. The molecular weight excluding hydrogens is 250 g/mol. The van der Waals surface area contributed by atoms with E-state index in [4.69, 9.17) is 5.26 Å². The van der Waals surface area contributed by atoms with Crippen LogP contribution in [0.1, 0.15) is 11.1 Å². The normalized spacial score (nSPS) is 9.90. The fourth-order valence-corrected chi connectivity index (χ4v) is 1.84. The summed E-state index contributed by atoms with van der Waals surface area (Å²) >= 11 is 0. The number of aromatic nitrogens is 2. The highest BCUT2D eigenvalue weighted by Gasteiger charge is 2.06. The summed E-state index contributed by atoms with van der Waals surface area (Å²) in [6, 6.07) is 10.0. The average Bonchev–Trinajstić information content (AvgIpc) is 2.44. The van der Waals surface area contributed by atoms with Gasteiger partial charge in [0.1, 0.15) is 24.5 Å². The second-order valence-corrected chi connectivity index (χ2v) is 4.65. The fraction of sp³-hybridized carbons (Fsp3) is 0.267. The number of hydrogen-bond donors (Lipinski definition) is 1. The summed E-state index contributed by atoms with van der Waals surface area (Å²) in [5.74, 6) is 1.43. The third-order valence-corrected chi connectivity index (χ3v) is 3.22. The van der Waals surface area contributed by atoms with Gasteiger partial charge in [0.2, 0.25) is 0 Å². The van der Waals surface area contributed by atoms with Gasteiger partial charge in [-0.3, -0.25) is 0 Å². The molecule has 0 aliphatic carbocycles. The quantitative estimate of drug-likeness (QED) is 0.863. The zero-order valence-electron chi connectivity index (χ0n) is 11.9. The molecule has 0 aliphatic heterocycles. The Labute approximate surface area is 118 Å². The number of rotatable bonds is 4. The standard InChI is InChI=1S/C15H17N5/c1-11-5-4-6-13(12(11)2)19-14-9-15(18-10-17-14)20(3)8-7-16/h4-6,9-10H,8H2,1-3H3,(H,17,18,19). The Hall–Kier alpha value is -2.61. The number of anilines is 3. The number of nitrogens with one attached hydrogen (secondary N) is 1. The topological polar surface area (TPSA) is 64.8 Å². The van der Waals surface area contributed by atoms with Crippen molar-refractivity contribution >= 4 is 17.3 Å². The Morgan fingerprint density at radius 3 is 2.85 bits per heavy atom. The lowest BCUT2D eigenvalue weighted by Crippen LogP contribution is -2.18. The van der Waals surface area contributed by atoms with Crippen molar-refractivity contribution in [2.45, 2.75) is 13.8 Å². The molecule has 20 heavy (non-hydrogen) atoms. The molecule has 0 atom stereocenters. The van der Waals surface area contributed by atoms with Crippen LogP contribution in [0.2, 0.25) is 0 Å². The van der Waals surface area contributed by atoms with Gasteiger partial charge in [0.25, 0.3) is 0 Å². The van der Waals surface area contributed by atoms with Gasteiger partial charge >= 0.3 is 0 Å². The van der Waals surface area contributed by atoms with Gasteiger partial charge in [-0.25, -0.2) is 9.97 Å². The van der Waals surface area contributed by atoms with Crippen LogP contribution >= 0.6 is 0 Å². The van der Waals surface area contributed by atoms with Crippen LogP contribution in [-0.2, 0) is 0 Å². The molecular formula is C15H17N5. The van der Waals surface area contributed by atoms with Crippen molar-refractivity contribution in [2.24, 2.45) is 0 Å². The van der Waals surface area contributed by atoms with Gasteiger partial charge in [-0.05, 0) is 31.0 Å². The minimum atomic E-state index is 0.292. The van der Waals surface area contributed by atoms with Crippen LogP contribution in [0.4, 0.5) is 17.3 Å². The zero-order valence-corrected chi connectivity index (χ0v) is 11.9. The van der Waals surface area contributed by atoms with Gasteiger partial charge in [0.05, 0.1) is 6.07 Å². The van der Waals surface area contributed by atoms with Gasteiger partial charge in [0, 0.05) is 18.8 Å². The van der Waals surface area contributed by atoms with E-state index >= 15 is 0 Å². The molecule has 5 nitrogen and oxygen atoms in total. The maximum absolute atomic E-state index is 8.72. The molecule has 0 radical (unpaired) electrons. The van der Waals surface area contributed by atoms with Crippen molar-refractivity contribution in [2.75, 3.05) is 23.8 Å². The zero-order chi connectivity index (χ0) is 14.5. The predicted octanol–water partition coefficient (Wildman–Crippen LogP) is 2.80. The first-order chi connectivity index (χ1) is 9.61. The van der Waals surface area contributed by atoms with E-state index in [1.807, 2.05) is 25.2 Å². The third-order valence-electron chi connectivity index (χ3n) is 3.22. The lowest BCUT2D eigenvalue weighted by Gasteiger charge is -2.15. The van der Waals surface area contributed by atoms with E-state index in [2.05, 4.69) is 41.3 Å². The summed E-state index contributed by atoms with van der Waals surface area (Å²) in [4.78, 5) is 10.2. The molecule has 1 heterocycles. The highest BCUT2D eigenvalue weighted by molar-refractivity contribution is 5.63. The minimum absolute atomic E-state index is 0.292. The number of hydrogen-bond acceptors (Lipinski definition) is 5. The first-order valence-corrected chi connectivity index (χ1v) is 6.35. The van der Waals surface area contributed by atoms with Crippen LogP contribution < -0.4 is 10.2 Å². The van der Waals surface area contributed by atoms with Crippen molar-refractivity contribution < 1.29 is 0 Å². The van der Waals surface area contributed by atoms with Crippen molar-refractivity contribution in [3.8, 4) is 6.07 Å². The van der Waals surface area contributed by atoms with E-state index in [0.717, 1.165) is 5.69 Å². The number of nitrogens with zero attached hydrogens (tertiary/aromatic N) is 4. The van der Waals surface area contributed by atoms with Crippen LogP contribution in [0.25, 0.3) is 0 Å². The summed E-state index contributed by atoms with van der Waals surface area (Å²) in [7, 11) is 1.83. The van der Waals surface area contributed by atoms with Crippen LogP contribution in [0, 0.1) is 25.2 Å². The molecule has 0 saturated heterocycles. The minimum Gasteiger partial charge on any atom is -0.346 e. The van der Waals surface area contributed by atoms with Crippen molar-refractivity contribution in [3.63, 3.8) is 0 Å². The Morgan fingerprint density at radius 2 is 2.10 bits per heavy atom. The first-order valence-electron chi connectivity index (χ1n) is 6.35. The summed E-state index contributed by atoms with van der Waals surface area (Å²) in [6.07, 6.45) is 1.50. The van der Waals surface area contributed by atoms with E-state index in [0.29, 0.717) is 18.2 Å². The predicted molar refractivity (Wildman–Crippen MR) is 80.1 cm³/mol. The molecule has 1 aromatic carbocycles. The van der Waals surface area contributed by atoms with E-state index in [-0.39, 0.29) is 0 Å². The number of aryl methyl sites for hydroxylation is 1. The second kappa shape index (κ2) is 6.02. The van der Waals surface area contributed by atoms with Gasteiger partial charge < -0.3 is 10.2 Å². The number of benzene rings is 1. The van der Waals surface area contributed by atoms with E-state index in [9.17, 15) is 0 Å². The van der Waals surface area contributed by atoms with Crippen molar-refractivity contribution in [1.29, 1.82) is 5.26 Å². The lowest BCUT2D eigenvalue weighted by atomic mass is 10.1. The Morgan fingerprint density at radius 1 is 1.30 bits per heavy atom. The summed E-state index contributed by atoms with van der Waals surface area (Å²) in [5.41, 5.74) is 3.45. The van der Waals surface area contributed by atoms with E-state index < -0.39 is 0 Å². The maximum atomic E-state index is 8.72. The van der Waals surface area contributed by atoms with Gasteiger partial charge in [-0.2, -0.15) is 5.26 Å². The van der Waals surface area contributed by atoms with Gasteiger partial charge in [-0.1, -0.05) is 12.1 Å². The van der Waals surface area contributed by atoms with Gasteiger partial charge in [-0.15, -0.1) is 0 Å². The molecule has 1 aromatic heterocycles. The monoisotopic (exact) mass is 267 g/mol. The molecule has 1 N–H and O–H groups in total. The van der Waals surface area contributed by atoms with Crippen molar-refractivity contribution in [3.05, 3.63) is 41.7 Å². The van der Waals surface area contributed by atoms with Crippen LogP contribution in [0.15, 0.2) is 30.6 Å². The van der Waals surface area contributed by atoms with Crippen LogP contribution in [0.3, 0.4) is 0 Å². The maximum Gasteiger partial charge on any atom is 0.135 e. The molecule has 0 amide bonds. The third kappa shape index (κ3) is 3.04. The molecule has 2 aromatic rings. The highest BCUT2D eigenvalue weighted by Crippen LogP contribution is 2.22. The molecule has 2 rings (SSSR count). The molecule has 0 fully saturated rings. The Bertz CT molecular complexity index is 645. The molecule has 102 valence electrons. The lowest BCUT2D eigenvalue weighted by molar-refractivity contribution is 0.981. The Kier molecular flexibility index (Phi) is 4.16. The molecule has 5 heteroatoms. The smallest absolute Gasteiger partial charge is 0.135 e. The molecule has 0 unspecified atom stereocenters. The molecule has 0 aliphatic rings. The Balaban J connectivity index is 2.24. The second-order valence-electron chi connectivity index (χ2n) is 4.65. The van der Waals surface area contributed by atoms with Crippen LogP contribution in [0.5, 0.6) is 0 Å². The highest BCUT2D eigenvalue weighted by atomic mass is 15.2. The van der Waals surface area contributed by atoms with Crippen LogP contribution in [-0.4, -0.2) is 23.6 Å². The van der Waals surface area contributed by atoms with Crippen molar-refractivity contribution in [1.82, 2.24) is 9.97 Å². The fourth-order valence-electron chi connectivity index (χ4n) is 1.84. The largest absolute Gasteiger partial charge is 0.346 e. The summed E-state index contributed by atoms with van der Waals surface area (Å²) in [6.45, 7) is 4.44. The average molecular weight is 267 g/mol. The summed E-state index contributed by atoms with van der Waals surface area (Å²) in [5, 5.41) is 12.0. The van der Waals surface area contributed by atoms with E-state index in [1.165, 1.54) is 17.5 Å². The van der Waals surface area contributed by atoms with Gasteiger partial charge in [0.15, 0.2) is 0 Å². The molecule has 0 spiro atoms. The SMILES string of the molecule is Cc1cccc(Nc2cc(N(C)CC#N)ncn2)c1C. The molecule has 0 bridgehead atoms. The summed E-state index contributed by atoms with van der Waals surface area (Å²) < 4.78 is 0.